The van der Waals surface area contributed by atoms with E-state index in [0.29, 0.717) is 29.2 Å². The van der Waals surface area contributed by atoms with Crippen molar-refractivity contribution in [1.82, 2.24) is 30.9 Å². The molecule has 10 nitrogen and oxygen atoms in total. The van der Waals surface area contributed by atoms with Crippen molar-refractivity contribution < 1.29 is 19.1 Å². The summed E-state index contributed by atoms with van der Waals surface area (Å²) in [4.78, 5) is 36.5. The number of hydrogen-bond acceptors (Lipinski definition) is 7. The van der Waals surface area contributed by atoms with Crippen molar-refractivity contribution in [2.75, 3.05) is 25.9 Å². The highest BCUT2D eigenvalue weighted by Crippen LogP contribution is 2.18. The molecule has 1 heterocycles. The zero-order chi connectivity index (χ0) is 25.0. The van der Waals surface area contributed by atoms with Crippen LogP contribution in [-0.4, -0.2) is 58.8 Å². The van der Waals surface area contributed by atoms with E-state index in [4.69, 9.17) is 4.74 Å². The lowest BCUT2D eigenvalue weighted by atomic mass is 10.2. The largest absolute Gasteiger partial charge is 0.445 e. The molecule has 0 aliphatic heterocycles. The SMILES string of the molecule is CCNC(=O)c1ccc(-n2nnc(C(=O)NCCNC(=O)OCc3ccccc3)c2CSC)cc1. The number of benzene rings is 2. The first-order valence-electron chi connectivity index (χ1n) is 11.1. The van der Waals surface area contributed by atoms with Gasteiger partial charge in [-0.2, -0.15) is 11.8 Å². The third-order valence-electron chi connectivity index (χ3n) is 4.86. The number of amides is 3. The van der Waals surface area contributed by atoms with Gasteiger partial charge in [0.15, 0.2) is 5.69 Å². The molecule has 1 aromatic heterocycles. The first-order chi connectivity index (χ1) is 17.0. The molecule has 0 fully saturated rings. The summed E-state index contributed by atoms with van der Waals surface area (Å²) in [6.07, 6.45) is 1.36. The minimum atomic E-state index is -0.562. The van der Waals surface area contributed by atoms with E-state index in [1.165, 1.54) is 11.8 Å². The quantitative estimate of drug-likeness (QED) is 0.348. The summed E-state index contributed by atoms with van der Waals surface area (Å²) in [6, 6.07) is 16.3. The normalized spacial score (nSPS) is 10.5. The van der Waals surface area contributed by atoms with Gasteiger partial charge >= 0.3 is 6.09 Å². The smallest absolute Gasteiger partial charge is 0.407 e. The molecule has 3 N–H and O–H groups in total. The van der Waals surface area contributed by atoms with Crippen molar-refractivity contribution in [2.24, 2.45) is 0 Å². The number of hydrogen-bond donors (Lipinski definition) is 3. The molecule has 11 heteroatoms. The summed E-state index contributed by atoms with van der Waals surface area (Å²) in [5.74, 6) is -0.0314. The van der Waals surface area contributed by atoms with Crippen LogP contribution in [0.3, 0.4) is 0 Å². The molecule has 0 unspecified atom stereocenters. The Morgan fingerprint density at radius 2 is 1.66 bits per heavy atom. The van der Waals surface area contributed by atoms with Crippen LogP contribution in [-0.2, 0) is 17.1 Å². The maximum absolute atomic E-state index is 12.7. The van der Waals surface area contributed by atoms with E-state index in [0.717, 1.165) is 5.56 Å². The number of carbonyl (C=O) groups is 3. The Balaban J connectivity index is 1.55. The second-order valence-electron chi connectivity index (χ2n) is 7.38. The van der Waals surface area contributed by atoms with Crippen molar-refractivity contribution >= 4 is 29.7 Å². The fourth-order valence-corrected chi connectivity index (χ4v) is 3.70. The molecule has 0 saturated heterocycles. The third kappa shape index (κ3) is 7.31. The topological polar surface area (TPSA) is 127 Å². The number of alkyl carbamates (subject to hydrolysis) is 1. The summed E-state index contributed by atoms with van der Waals surface area (Å²) < 4.78 is 6.73. The van der Waals surface area contributed by atoms with Gasteiger partial charge in [-0.3, -0.25) is 9.59 Å². The van der Waals surface area contributed by atoms with E-state index >= 15 is 0 Å². The molecule has 3 amide bonds. The summed E-state index contributed by atoms with van der Waals surface area (Å²) in [7, 11) is 0. The molecule has 184 valence electrons. The zero-order valence-electron chi connectivity index (χ0n) is 19.6. The maximum Gasteiger partial charge on any atom is 0.407 e. The predicted molar refractivity (Wildman–Crippen MR) is 134 cm³/mol. The van der Waals surface area contributed by atoms with Crippen molar-refractivity contribution in [3.05, 3.63) is 77.1 Å². The van der Waals surface area contributed by atoms with Gasteiger partial charge in [0.2, 0.25) is 0 Å². The Morgan fingerprint density at radius 1 is 0.943 bits per heavy atom. The van der Waals surface area contributed by atoms with Gasteiger partial charge in [0.1, 0.15) is 6.61 Å². The predicted octanol–water partition coefficient (Wildman–Crippen LogP) is 2.54. The van der Waals surface area contributed by atoms with Gasteiger partial charge in [0.25, 0.3) is 11.8 Å². The summed E-state index contributed by atoms with van der Waals surface area (Å²) >= 11 is 1.53. The summed E-state index contributed by atoms with van der Waals surface area (Å²) in [6.45, 7) is 2.98. The van der Waals surface area contributed by atoms with Gasteiger partial charge in [0.05, 0.1) is 11.4 Å². The van der Waals surface area contributed by atoms with Gasteiger partial charge in [0, 0.05) is 31.0 Å². The minimum absolute atomic E-state index is 0.153. The van der Waals surface area contributed by atoms with E-state index in [9.17, 15) is 14.4 Å². The van der Waals surface area contributed by atoms with Crippen LogP contribution in [0, 0.1) is 0 Å². The Hall–Kier alpha value is -3.86. The van der Waals surface area contributed by atoms with Crippen molar-refractivity contribution in [1.29, 1.82) is 0 Å². The van der Waals surface area contributed by atoms with Crippen LogP contribution in [0.5, 0.6) is 0 Å². The first kappa shape index (κ1) is 25.8. The number of nitrogens with zero attached hydrogens (tertiary/aromatic N) is 3. The van der Waals surface area contributed by atoms with E-state index in [-0.39, 0.29) is 31.3 Å². The van der Waals surface area contributed by atoms with Gasteiger partial charge in [-0.05, 0) is 43.0 Å². The van der Waals surface area contributed by atoms with Crippen LogP contribution in [0.1, 0.15) is 39.0 Å². The van der Waals surface area contributed by atoms with E-state index < -0.39 is 12.0 Å². The molecular formula is C24H28N6O4S. The minimum Gasteiger partial charge on any atom is -0.445 e. The molecule has 0 saturated carbocycles. The lowest BCUT2D eigenvalue weighted by Gasteiger charge is -2.09. The van der Waals surface area contributed by atoms with E-state index in [1.54, 1.807) is 28.9 Å². The molecular weight excluding hydrogens is 468 g/mol. The third-order valence-corrected chi connectivity index (χ3v) is 5.43. The fourth-order valence-electron chi connectivity index (χ4n) is 3.17. The molecule has 2 aromatic carbocycles. The van der Waals surface area contributed by atoms with Crippen LogP contribution in [0.4, 0.5) is 4.79 Å². The first-order valence-corrected chi connectivity index (χ1v) is 12.5. The highest BCUT2D eigenvalue weighted by Gasteiger charge is 2.20. The number of carbonyl (C=O) groups excluding carboxylic acids is 3. The van der Waals surface area contributed by atoms with E-state index in [2.05, 4.69) is 26.3 Å². The lowest BCUT2D eigenvalue weighted by molar-refractivity contribution is 0.0942. The van der Waals surface area contributed by atoms with Crippen LogP contribution in [0.25, 0.3) is 5.69 Å². The molecule has 0 atom stereocenters. The van der Waals surface area contributed by atoms with Gasteiger partial charge in [-0.25, -0.2) is 9.48 Å². The van der Waals surface area contributed by atoms with Crippen LogP contribution in [0.15, 0.2) is 54.6 Å². The molecule has 0 radical (unpaired) electrons. The van der Waals surface area contributed by atoms with Crippen LogP contribution >= 0.6 is 11.8 Å². The second kappa shape index (κ2) is 13.1. The standard InChI is InChI=1S/C24H28N6O4S/c1-3-25-22(31)18-9-11-19(12-10-18)30-20(16-35-2)21(28-29-30)23(32)26-13-14-27-24(33)34-15-17-7-5-4-6-8-17/h4-12H,3,13-16H2,1-2H3,(H,25,31)(H,26,32)(H,27,33). The number of ether oxygens (including phenoxy) is 1. The van der Waals surface area contributed by atoms with Crippen LogP contribution < -0.4 is 16.0 Å². The molecule has 0 spiro atoms. The molecule has 35 heavy (non-hydrogen) atoms. The Kier molecular flexibility index (Phi) is 9.67. The maximum atomic E-state index is 12.7. The molecule has 3 rings (SSSR count). The fraction of sp³-hybridized carbons (Fsp3) is 0.292. The number of nitrogens with one attached hydrogen (secondary N) is 3. The van der Waals surface area contributed by atoms with Crippen molar-refractivity contribution in [3.63, 3.8) is 0 Å². The molecule has 0 aliphatic rings. The summed E-state index contributed by atoms with van der Waals surface area (Å²) in [5, 5.41) is 16.3. The Labute approximate surface area is 207 Å². The van der Waals surface area contributed by atoms with Crippen molar-refractivity contribution in [2.45, 2.75) is 19.3 Å². The van der Waals surface area contributed by atoms with Gasteiger partial charge < -0.3 is 20.7 Å². The van der Waals surface area contributed by atoms with Gasteiger partial charge in [-0.15, -0.1) is 5.10 Å². The van der Waals surface area contributed by atoms with Crippen molar-refractivity contribution in [3.8, 4) is 5.69 Å². The highest BCUT2D eigenvalue weighted by molar-refractivity contribution is 7.97. The van der Waals surface area contributed by atoms with Gasteiger partial charge in [-0.1, -0.05) is 35.5 Å². The number of aromatic nitrogens is 3. The zero-order valence-corrected chi connectivity index (χ0v) is 20.4. The average Bonchev–Trinajstić information content (AvgIpc) is 3.30. The second-order valence-corrected chi connectivity index (χ2v) is 8.25. The average molecular weight is 497 g/mol. The number of rotatable bonds is 11. The summed E-state index contributed by atoms with van der Waals surface area (Å²) in [5.41, 5.74) is 2.96. The molecule has 3 aromatic rings. The number of thioether (sulfide) groups is 1. The van der Waals surface area contributed by atoms with E-state index in [1.807, 2.05) is 43.5 Å². The lowest BCUT2D eigenvalue weighted by Crippen LogP contribution is -2.35. The molecule has 0 aliphatic carbocycles. The molecule has 0 bridgehead atoms. The highest BCUT2D eigenvalue weighted by atomic mass is 32.2. The monoisotopic (exact) mass is 496 g/mol. The van der Waals surface area contributed by atoms with Crippen LogP contribution in [0.2, 0.25) is 0 Å². The Morgan fingerprint density at radius 3 is 2.34 bits per heavy atom. The Bertz CT molecular complexity index is 1130.